The van der Waals surface area contributed by atoms with Gasteiger partial charge in [0.25, 0.3) is 5.91 Å². The minimum atomic E-state index is -0.366. The van der Waals surface area contributed by atoms with Crippen LogP contribution in [0.3, 0.4) is 0 Å². The fourth-order valence-electron chi connectivity index (χ4n) is 2.06. The van der Waals surface area contributed by atoms with E-state index in [0.29, 0.717) is 16.8 Å². The van der Waals surface area contributed by atoms with Crippen molar-refractivity contribution >= 4 is 22.6 Å². The van der Waals surface area contributed by atoms with Crippen molar-refractivity contribution in [1.29, 1.82) is 0 Å². The van der Waals surface area contributed by atoms with Gasteiger partial charge in [-0.1, -0.05) is 0 Å². The van der Waals surface area contributed by atoms with E-state index in [1.54, 1.807) is 31.6 Å². The summed E-state index contributed by atoms with van der Waals surface area (Å²) in [5.74, 6) is -0.576. The Bertz CT molecular complexity index is 802. The number of hydrogen-bond acceptors (Lipinski definition) is 3. The van der Waals surface area contributed by atoms with Crippen LogP contribution >= 0.6 is 0 Å². The molecule has 0 N–H and O–H groups in total. The maximum absolute atomic E-state index is 12.9. The van der Waals surface area contributed by atoms with E-state index in [9.17, 15) is 9.18 Å². The Morgan fingerprint density at radius 3 is 2.38 bits per heavy atom. The third-order valence-electron chi connectivity index (χ3n) is 3.24. The summed E-state index contributed by atoms with van der Waals surface area (Å²) in [6.07, 6.45) is 3.23. The van der Waals surface area contributed by atoms with Gasteiger partial charge in [0.1, 0.15) is 5.82 Å². The van der Waals surface area contributed by atoms with Gasteiger partial charge in [-0.05, 0) is 42.5 Å². The van der Waals surface area contributed by atoms with E-state index in [1.807, 2.05) is 6.07 Å². The van der Waals surface area contributed by atoms with E-state index in [-0.39, 0.29) is 11.7 Å². The highest BCUT2D eigenvalue weighted by atomic mass is 19.1. The standard InChI is InChI=1S/C16H12FN3O/c1-20(16(21)11-2-4-12(17)5-3-11)13-6-7-14-15(10-13)19-9-8-18-14/h2-10H,1H3. The summed E-state index contributed by atoms with van der Waals surface area (Å²) in [6.45, 7) is 0. The van der Waals surface area contributed by atoms with Gasteiger partial charge in [0.15, 0.2) is 0 Å². The molecule has 1 amide bonds. The van der Waals surface area contributed by atoms with Gasteiger partial charge >= 0.3 is 0 Å². The molecule has 5 heteroatoms. The molecule has 1 aromatic heterocycles. The van der Waals surface area contributed by atoms with Crippen molar-refractivity contribution in [2.24, 2.45) is 0 Å². The van der Waals surface area contributed by atoms with Gasteiger partial charge in [-0.2, -0.15) is 0 Å². The highest BCUT2D eigenvalue weighted by Gasteiger charge is 2.14. The smallest absolute Gasteiger partial charge is 0.258 e. The Labute approximate surface area is 120 Å². The predicted molar refractivity (Wildman–Crippen MR) is 78.7 cm³/mol. The predicted octanol–water partition coefficient (Wildman–Crippen LogP) is 3.05. The molecule has 104 valence electrons. The number of fused-ring (bicyclic) bond motifs is 1. The lowest BCUT2D eigenvalue weighted by atomic mass is 10.2. The Hall–Kier alpha value is -2.82. The molecule has 1 heterocycles. The molecular weight excluding hydrogens is 269 g/mol. The lowest BCUT2D eigenvalue weighted by Crippen LogP contribution is -2.26. The fraction of sp³-hybridized carbons (Fsp3) is 0.0625. The molecule has 0 saturated carbocycles. The molecule has 2 aromatic carbocycles. The van der Waals surface area contributed by atoms with Crippen molar-refractivity contribution in [3.8, 4) is 0 Å². The van der Waals surface area contributed by atoms with Crippen LogP contribution in [0.5, 0.6) is 0 Å². The minimum Gasteiger partial charge on any atom is -0.311 e. The lowest BCUT2D eigenvalue weighted by molar-refractivity contribution is 0.0993. The number of hydrogen-bond donors (Lipinski definition) is 0. The van der Waals surface area contributed by atoms with Crippen LogP contribution in [0.2, 0.25) is 0 Å². The van der Waals surface area contributed by atoms with Gasteiger partial charge in [-0.15, -0.1) is 0 Å². The van der Waals surface area contributed by atoms with Crippen molar-refractivity contribution in [3.05, 3.63) is 66.2 Å². The third-order valence-corrected chi connectivity index (χ3v) is 3.24. The molecule has 3 aromatic rings. The molecule has 3 rings (SSSR count). The van der Waals surface area contributed by atoms with Gasteiger partial charge in [0.2, 0.25) is 0 Å². The molecule has 4 nitrogen and oxygen atoms in total. The summed E-state index contributed by atoms with van der Waals surface area (Å²) in [4.78, 5) is 22.3. The summed E-state index contributed by atoms with van der Waals surface area (Å²) in [7, 11) is 1.67. The Balaban J connectivity index is 1.93. The first-order chi connectivity index (χ1) is 10.1. The van der Waals surface area contributed by atoms with Crippen molar-refractivity contribution in [1.82, 2.24) is 9.97 Å². The maximum atomic E-state index is 12.9. The molecule has 0 radical (unpaired) electrons. The molecule has 0 atom stereocenters. The third kappa shape index (κ3) is 2.58. The molecule has 0 fully saturated rings. The second-order valence-corrected chi connectivity index (χ2v) is 4.60. The maximum Gasteiger partial charge on any atom is 0.258 e. The number of halogens is 1. The molecular formula is C16H12FN3O. The van der Waals surface area contributed by atoms with Gasteiger partial charge < -0.3 is 4.90 Å². The first-order valence-corrected chi connectivity index (χ1v) is 6.39. The van der Waals surface area contributed by atoms with Crippen molar-refractivity contribution in [2.45, 2.75) is 0 Å². The molecule has 0 unspecified atom stereocenters. The number of aromatic nitrogens is 2. The summed E-state index contributed by atoms with van der Waals surface area (Å²) in [5, 5.41) is 0. The molecule has 0 bridgehead atoms. The van der Waals surface area contributed by atoms with E-state index in [1.165, 1.54) is 29.2 Å². The molecule has 21 heavy (non-hydrogen) atoms. The number of benzene rings is 2. The largest absolute Gasteiger partial charge is 0.311 e. The topological polar surface area (TPSA) is 46.1 Å². The number of anilines is 1. The van der Waals surface area contributed by atoms with Crippen LogP contribution in [0.15, 0.2) is 54.9 Å². The number of nitrogens with zero attached hydrogens (tertiary/aromatic N) is 3. The summed E-state index contributed by atoms with van der Waals surface area (Å²) in [5.41, 5.74) is 2.62. The monoisotopic (exact) mass is 281 g/mol. The fourth-order valence-corrected chi connectivity index (χ4v) is 2.06. The average molecular weight is 281 g/mol. The van der Waals surface area contributed by atoms with Gasteiger partial charge in [0.05, 0.1) is 11.0 Å². The molecule has 0 aliphatic heterocycles. The number of carbonyl (C=O) groups is 1. The molecule has 0 aliphatic rings. The summed E-state index contributed by atoms with van der Waals surface area (Å²) >= 11 is 0. The number of carbonyl (C=O) groups excluding carboxylic acids is 1. The zero-order chi connectivity index (χ0) is 14.8. The molecule has 0 saturated heterocycles. The minimum absolute atomic E-state index is 0.210. The molecule has 0 spiro atoms. The van der Waals surface area contributed by atoms with Crippen molar-refractivity contribution in [2.75, 3.05) is 11.9 Å². The van der Waals surface area contributed by atoms with Crippen LogP contribution in [0.4, 0.5) is 10.1 Å². The van der Waals surface area contributed by atoms with Gasteiger partial charge in [-0.25, -0.2) is 4.39 Å². The lowest BCUT2D eigenvalue weighted by Gasteiger charge is -2.17. The second kappa shape index (κ2) is 5.28. The number of rotatable bonds is 2. The van der Waals surface area contributed by atoms with Crippen molar-refractivity contribution < 1.29 is 9.18 Å². The Kier molecular flexibility index (Phi) is 3.31. The zero-order valence-electron chi connectivity index (χ0n) is 11.3. The number of amides is 1. The Morgan fingerprint density at radius 2 is 1.67 bits per heavy atom. The van der Waals surface area contributed by atoms with Crippen LogP contribution in [0, 0.1) is 5.82 Å². The van der Waals surface area contributed by atoms with E-state index >= 15 is 0 Å². The second-order valence-electron chi connectivity index (χ2n) is 4.60. The zero-order valence-corrected chi connectivity index (χ0v) is 11.3. The normalized spacial score (nSPS) is 10.6. The van der Waals surface area contributed by atoms with E-state index in [2.05, 4.69) is 9.97 Å². The SMILES string of the molecule is CN(C(=O)c1ccc(F)cc1)c1ccc2nccnc2c1. The summed E-state index contributed by atoms with van der Waals surface area (Å²) in [6, 6.07) is 10.9. The van der Waals surface area contributed by atoms with Crippen molar-refractivity contribution in [3.63, 3.8) is 0 Å². The first kappa shape index (κ1) is 13.2. The average Bonchev–Trinajstić information content (AvgIpc) is 2.54. The highest BCUT2D eigenvalue weighted by Crippen LogP contribution is 2.20. The van der Waals surface area contributed by atoms with Crippen LogP contribution in [0.25, 0.3) is 11.0 Å². The van der Waals surface area contributed by atoms with Gasteiger partial charge in [-0.3, -0.25) is 14.8 Å². The first-order valence-electron chi connectivity index (χ1n) is 6.39. The van der Waals surface area contributed by atoms with Crippen LogP contribution in [-0.2, 0) is 0 Å². The van der Waals surface area contributed by atoms with Crippen LogP contribution in [-0.4, -0.2) is 22.9 Å². The molecule has 0 aliphatic carbocycles. The quantitative estimate of drug-likeness (QED) is 0.725. The highest BCUT2D eigenvalue weighted by molar-refractivity contribution is 6.06. The van der Waals surface area contributed by atoms with Crippen LogP contribution < -0.4 is 4.90 Å². The summed E-state index contributed by atoms with van der Waals surface area (Å²) < 4.78 is 12.9. The van der Waals surface area contributed by atoms with Gasteiger partial charge in [0, 0.05) is 30.7 Å². The van der Waals surface area contributed by atoms with E-state index < -0.39 is 0 Å². The van der Waals surface area contributed by atoms with Crippen LogP contribution in [0.1, 0.15) is 10.4 Å². The Morgan fingerprint density at radius 1 is 1.00 bits per heavy atom. The van der Waals surface area contributed by atoms with E-state index in [0.717, 1.165) is 5.52 Å². The van der Waals surface area contributed by atoms with E-state index in [4.69, 9.17) is 0 Å².